The van der Waals surface area contributed by atoms with E-state index in [1.54, 1.807) is 0 Å². The standard InChI is InChI=1S/C54H35N.C46H31N.C44H33N3/c1-4-16-43-38(13-1)33-52(49-22-9-7-19-46(43)49)36-25-29-41(30-26-36)55(54-35-40-15-3-6-18-45(40)48-21-11-12-24-51(48)54)42-31-27-37(28-32-42)53-34-39-14-2-5-17-44(39)47-20-8-10-23-50(47)53;1-3-11-36-29-38(19-17-32(36)9-1)34-21-25-41(26-22-34)47(46-31-40-13-5-6-14-43(40)44-15-7-8-16-45(44)46)42-27-23-35(24-28-42)39-20-18-33-10-2-4-12-37(33)30-39;1-4-10-32(11-5-1)33-16-22-38(23-17-33)47(39-24-18-36(19-25-39)43-30-28-41(45-43)34-12-6-2-7-13-34)40-26-20-37(21-27-40)44-31-29-42(46-44)35-14-8-3-9-15-35/h1-35H;1-31H;1-31,45-46H. The van der Waals surface area contributed by atoms with E-state index >= 15 is 0 Å². The summed E-state index contributed by atoms with van der Waals surface area (Å²) in [5, 5.41) is 25.1. The lowest BCUT2D eigenvalue weighted by Crippen LogP contribution is -2.10. The maximum Gasteiger partial charge on any atom is 0.0546 e. The molecule has 0 aliphatic carbocycles. The van der Waals surface area contributed by atoms with Crippen LogP contribution in [-0.4, -0.2) is 9.97 Å². The van der Waals surface area contributed by atoms with Gasteiger partial charge in [-0.2, -0.15) is 0 Å². The molecular formula is C144H99N5. The fourth-order valence-electron chi connectivity index (χ4n) is 22.0. The minimum Gasteiger partial charge on any atom is -0.355 e. The molecule has 0 unspecified atom stereocenters. The van der Waals surface area contributed by atoms with Crippen LogP contribution in [0.1, 0.15) is 0 Å². The summed E-state index contributed by atoms with van der Waals surface area (Å²) in [5.41, 5.74) is 31.3. The molecule has 28 rings (SSSR count). The zero-order valence-corrected chi connectivity index (χ0v) is 81.8. The zero-order chi connectivity index (χ0) is 98.9. The van der Waals surface area contributed by atoms with E-state index in [1.807, 2.05) is 12.1 Å². The van der Waals surface area contributed by atoms with Crippen LogP contribution in [0.15, 0.2) is 588 Å². The molecule has 2 N–H and O–H groups in total. The predicted octanol–water partition coefficient (Wildman–Crippen LogP) is 40.7. The number of benzene rings is 26. The van der Waals surface area contributed by atoms with Crippen LogP contribution >= 0.6 is 0 Å². The highest BCUT2D eigenvalue weighted by molar-refractivity contribution is 6.19. The van der Waals surface area contributed by atoms with Crippen LogP contribution in [0.3, 0.4) is 0 Å². The summed E-state index contributed by atoms with van der Waals surface area (Å²) in [6, 6.07) is 213. The van der Waals surface area contributed by atoms with Gasteiger partial charge in [-0.05, 0) is 320 Å². The van der Waals surface area contributed by atoms with Gasteiger partial charge in [0, 0.05) is 73.4 Å². The molecule has 0 saturated heterocycles. The summed E-state index contributed by atoms with van der Waals surface area (Å²) in [6.07, 6.45) is 0. The first-order valence-corrected chi connectivity index (χ1v) is 51.1. The number of nitrogens with one attached hydrogen (secondary N) is 2. The van der Waals surface area contributed by atoms with Gasteiger partial charge in [0.05, 0.1) is 11.4 Å². The average Bonchev–Trinajstić information content (AvgIpc) is 1.07. The number of fused-ring (bicyclic) bond motifs is 14. The number of aromatic nitrogens is 2. The maximum absolute atomic E-state index is 3.60. The van der Waals surface area contributed by atoms with Gasteiger partial charge in [0.1, 0.15) is 0 Å². The molecule has 149 heavy (non-hydrogen) atoms. The lowest BCUT2D eigenvalue weighted by atomic mass is 9.93. The van der Waals surface area contributed by atoms with E-state index in [4.69, 9.17) is 0 Å². The summed E-state index contributed by atoms with van der Waals surface area (Å²) < 4.78 is 0. The SMILES string of the molecule is c1ccc(-c2ccc(N(c3ccc(-c4ccc(-c5ccccc5)[nH]4)cc3)c3ccc(-c4ccc(-c5ccccc5)[nH]4)cc3)cc2)cc1.c1ccc2c(c1)cc(-c1ccc(N(c3ccc(-c4cc5ccccc5c5ccccc45)cc3)c3cc4ccccc4c4ccccc34)cc1)c1ccccc12.c1ccc2cc(-c3ccc(N(c4ccc(-c5ccc6ccccc6c5)cc4)c4cc5ccccc5c5ccccc45)cc3)ccc2c1. The van der Waals surface area contributed by atoms with Gasteiger partial charge in [0.2, 0.25) is 0 Å². The molecule has 0 saturated carbocycles. The van der Waals surface area contributed by atoms with Crippen LogP contribution in [-0.2, 0) is 0 Å². The first-order chi connectivity index (χ1) is 73.8. The van der Waals surface area contributed by atoms with Gasteiger partial charge < -0.3 is 24.7 Å². The van der Waals surface area contributed by atoms with Crippen molar-refractivity contribution in [3.8, 4) is 101 Å². The molecule has 2 aromatic heterocycles. The molecule has 0 atom stereocenters. The maximum atomic E-state index is 3.60. The van der Waals surface area contributed by atoms with E-state index in [0.717, 1.165) is 85.1 Å². The molecule has 0 spiro atoms. The second kappa shape index (κ2) is 39.5. The number of anilines is 9. The second-order valence-electron chi connectivity index (χ2n) is 38.3. The number of hydrogen-bond acceptors (Lipinski definition) is 3. The van der Waals surface area contributed by atoms with E-state index in [2.05, 4.69) is 601 Å². The van der Waals surface area contributed by atoms with Crippen molar-refractivity contribution in [1.82, 2.24) is 9.97 Å². The Morgan fingerprint density at radius 3 is 0.624 bits per heavy atom. The van der Waals surface area contributed by atoms with Gasteiger partial charge in [-0.1, -0.05) is 443 Å². The molecule has 0 aliphatic heterocycles. The molecule has 0 radical (unpaired) electrons. The van der Waals surface area contributed by atoms with Crippen molar-refractivity contribution in [3.05, 3.63) is 588 Å². The van der Waals surface area contributed by atoms with Crippen molar-refractivity contribution in [2.45, 2.75) is 0 Å². The third kappa shape index (κ3) is 17.7. The molecule has 5 heteroatoms. The summed E-state index contributed by atoms with van der Waals surface area (Å²) in [5.74, 6) is 0. The number of hydrogen-bond donors (Lipinski definition) is 2. The van der Waals surface area contributed by atoms with Crippen LogP contribution in [0.2, 0.25) is 0 Å². The topological polar surface area (TPSA) is 41.3 Å². The fourth-order valence-corrected chi connectivity index (χ4v) is 22.0. The second-order valence-corrected chi connectivity index (χ2v) is 38.3. The Labute approximate surface area is 866 Å². The summed E-state index contributed by atoms with van der Waals surface area (Å²) in [6.45, 7) is 0. The molecule has 0 fully saturated rings. The van der Waals surface area contributed by atoms with Crippen LogP contribution in [0.25, 0.3) is 208 Å². The molecular weight excluding hydrogens is 1800 g/mol. The van der Waals surface area contributed by atoms with Crippen molar-refractivity contribution in [3.63, 3.8) is 0 Å². The number of aromatic amines is 2. The Kier molecular flexibility index (Phi) is 23.7. The first kappa shape index (κ1) is 89.4. The normalized spacial score (nSPS) is 11.4. The number of nitrogens with zero attached hydrogens (tertiary/aromatic N) is 3. The highest BCUT2D eigenvalue weighted by atomic mass is 15.2. The van der Waals surface area contributed by atoms with Crippen LogP contribution in [0.5, 0.6) is 0 Å². The van der Waals surface area contributed by atoms with Crippen LogP contribution < -0.4 is 14.7 Å². The summed E-state index contributed by atoms with van der Waals surface area (Å²) in [4.78, 5) is 14.3. The molecule has 700 valence electrons. The number of H-pyrrole nitrogens is 2. The zero-order valence-electron chi connectivity index (χ0n) is 81.8. The van der Waals surface area contributed by atoms with E-state index in [-0.39, 0.29) is 0 Å². The molecule has 0 aliphatic rings. The Morgan fingerprint density at radius 1 is 0.107 bits per heavy atom. The van der Waals surface area contributed by atoms with Gasteiger partial charge in [-0.15, -0.1) is 0 Å². The van der Waals surface area contributed by atoms with Crippen LogP contribution in [0.4, 0.5) is 51.2 Å². The van der Waals surface area contributed by atoms with E-state index < -0.39 is 0 Å². The Bertz CT molecular complexity index is 9380. The largest absolute Gasteiger partial charge is 0.355 e. The fraction of sp³-hybridized carbons (Fsp3) is 0. The quantitative estimate of drug-likeness (QED) is 0.0842. The highest BCUT2D eigenvalue weighted by Crippen LogP contribution is 2.49. The third-order valence-electron chi connectivity index (χ3n) is 29.4. The summed E-state index contributed by atoms with van der Waals surface area (Å²) in [7, 11) is 0. The molecule has 0 amide bonds. The average molecular weight is 1900 g/mol. The Morgan fingerprint density at radius 2 is 0.309 bits per heavy atom. The number of rotatable bonds is 18. The van der Waals surface area contributed by atoms with Gasteiger partial charge in [-0.3, -0.25) is 0 Å². The third-order valence-corrected chi connectivity index (χ3v) is 29.4. The van der Waals surface area contributed by atoms with Gasteiger partial charge in [0.25, 0.3) is 0 Å². The van der Waals surface area contributed by atoms with Gasteiger partial charge in [0.15, 0.2) is 0 Å². The van der Waals surface area contributed by atoms with Gasteiger partial charge in [-0.25, -0.2) is 0 Å². The summed E-state index contributed by atoms with van der Waals surface area (Å²) >= 11 is 0. The molecule has 0 bridgehead atoms. The minimum atomic E-state index is 1.09. The first-order valence-electron chi connectivity index (χ1n) is 51.1. The molecule has 2 heterocycles. The Hall–Kier alpha value is -19.7. The van der Waals surface area contributed by atoms with E-state index in [1.165, 1.54) is 174 Å². The predicted molar refractivity (Wildman–Crippen MR) is 636 cm³/mol. The molecule has 28 aromatic rings. The van der Waals surface area contributed by atoms with E-state index in [9.17, 15) is 0 Å². The van der Waals surface area contributed by atoms with Gasteiger partial charge >= 0.3 is 0 Å². The molecule has 26 aromatic carbocycles. The van der Waals surface area contributed by atoms with Crippen molar-refractivity contribution in [2.24, 2.45) is 0 Å². The lowest BCUT2D eigenvalue weighted by Gasteiger charge is -2.28. The van der Waals surface area contributed by atoms with Crippen molar-refractivity contribution >= 4 is 159 Å². The van der Waals surface area contributed by atoms with Crippen LogP contribution in [0, 0.1) is 0 Å². The van der Waals surface area contributed by atoms with Crippen molar-refractivity contribution in [2.75, 3.05) is 14.7 Å². The van der Waals surface area contributed by atoms with E-state index in [0.29, 0.717) is 0 Å². The highest BCUT2D eigenvalue weighted by Gasteiger charge is 2.24. The van der Waals surface area contributed by atoms with Crippen molar-refractivity contribution in [1.29, 1.82) is 0 Å². The monoisotopic (exact) mass is 1900 g/mol. The minimum absolute atomic E-state index is 1.09. The smallest absolute Gasteiger partial charge is 0.0546 e. The lowest BCUT2D eigenvalue weighted by molar-refractivity contribution is 1.28. The Balaban J connectivity index is 0.000000113. The molecule has 5 nitrogen and oxygen atoms in total. The van der Waals surface area contributed by atoms with Crippen molar-refractivity contribution < 1.29 is 0 Å².